The van der Waals surface area contributed by atoms with Crippen molar-refractivity contribution in [3.8, 4) is 0 Å². The summed E-state index contributed by atoms with van der Waals surface area (Å²) in [6.45, 7) is 2.49. The fourth-order valence-electron chi connectivity index (χ4n) is 2.18. The summed E-state index contributed by atoms with van der Waals surface area (Å²) < 4.78 is 4.68. The zero-order valence-electron chi connectivity index (χ0n) is 11.5. The number of benzene rings is 1. The van der Waals surface area contributed by atoms with Gasteiger partial charge in [0.2, 0.25) is 0 Å². The van der Waals surface area contributed by atoms with Crippen LogP contribution in [0.4, 0.5) is 10.5 Å². The van der Waals surface area contributed by atoms with Crippen molar-refractivity contribution >= 4 is 23.6 Å². The van der Waals surface area contributed by atoms with Crippen LogP contribution in [0.25, 0.3) is 0 Å². The Morgan fingerprint density at radius 1 is 1.30 bits per heavy atom. The number of urea groups is 1. The molecule has 20 heavy (non-hydrogen) atoms. The second kappa shape index (κ2) is 5.73. The number of ether oxygens (including phenoxy) is 1. The molecule has 0 atom stereocenters. The maximum absolute atomic E-state index is 12.2. The average molecular weight is 276 g/mol. The fourth-order valence-corrected chi connectivity index (χ4v) is 2.18. The van der Waals surface area contributed by atoms with Gasteiger partial charge in [0.05, 0.1) is 18.4 Å². The summed E-state index contributed by atoms with van der Waals surface area (Å²) in [7, 11) is 1.26. The number of imide groups is 1. The largest absolute Gasteiger partial charge is 0.465 e. The lowest BCUT2D eigenvalue weighted by molar-refractivity contribution is -0.116. The lowest BCUT2D eigenvalue weighted by atomic mass is 10.1. The van der Waals surface area contributed by atoms with Crippen molar-refractivity contribution in [2.75, 3.05) is 25.1 Å². The average Bonchev–Trinajstić information content (AvgIpc) is 2.73. The van der Waals surface area contributed by atoms with E-state index in [4.69, 9.17) is 0 Å². The van der Waals surface area contributed by atoms with Gasteiger partial charge in [-0.2, -0.15) is 0 Å². The topological polar surface area (TPSA) is 66.9 Å². The molecule has 106 valence electrons. The molecular formula is C14H16N2O4. The molecule has 1 heterocycles. The van der Waals surface area contributed by atoms with Gasteiger partial charge in [0.15, 0.2) is 0 Å². The molecule has 0 spiro atoms. The number of para-hydroxylation sites is 1. The molecule has 1 fully saturated rings. The van der Waals surface area contributed by atoms with Crippen LogP contribution in [0, 0.1) is 0 Å². The first-order valence-electron chi connectivity index (χ1n) is 6.39. The second-order valence-corrected chi connectivity index (χ2v) is 4.44. The summed E-state index contributed by atoms with van der Waals surface area (Å²) >= 11 is 0. The molecule has 1 aromatic rings. The minimum Gasteiger partial charge on any atom is -0.465 e. The summed E-state index contributed by atoms with van der Waals surface area (Å²) in [5.41, 5.74) is 0.475. The summed E-state index contributed by atoms with van der Waals surface area (Å²) in [5, 5.41) is 0. The van der Waals surface area contributed by atoms with E-state index >= 15 is 0 Å². The van der Waals surface area contributed by atoms with Gasteiger partial charge in [-0.25, -0.2) is 14.5 Å². The Balaban J connectivity index is 2.39. The van der Waals surface area contributed by atoms with E-state index in [0.29, 0.717) is 6.54 Å². The molecule has 6 heteroatoms. The van der Waals surface area contributed by atoms with Crippen molar-refractivity contribution in [1.82, 2.24) is 4.90 Å². The smallest absolute Gasteiger partial charge is 0.339 e. The summed E-state index contributed by atoms with van der Waals surface area (Å²) in [6.07, 6.45) is 0.769. The van der Waals surface area contributed by atoms with Crippen LogP contribution in [0.2, 0.25) is 0 Å². The number of esters is 1. The number of carbonyl (C=O) groups is 3. The molecule has 0 aliphatic carbocycles. The van der Waals surface area contributed by atoms with E-state index in [1.54, 1.807) is 18.2 Å². The van der Waals surface area contributed by atoms with Crippen molar-refractivity contribution in [2.45, 2.75) is 13.3 Å². The molecular weight excluding hydrogens is 260 g/mol. The van der Waals surface area contributed by atoms with Gasteiger partial charge in [0, 0.05) is 6.54 Å². The van der Waals surface area contributed by atoms with Gasteiger partial charge in [0.1, 0.15) is 6.54 Å². The molecule has 0 saturated carbocycles. The lowest BCUT2D eigenvalue weighted by Gasteiger charge is -2.18. The summed E-state index contributed by atoms with van der Waals surface area (Å²) in [4.78, 5) is 38.5. The Morgan fingerprint density at radius 2 is 2.00 bits per heavy atom. The van der Waals surface area contributed by atoms with Crippen molar-refractivity contribution in [2.24, 2.45) is 0 Å². The predicted octanol–water partition coefficient (Wildman–Crippen LogP) is 1.65. The number of rotatable bonds is 4. The van der Waals surface area contributed by atoms with Gasteiger partial charge >= 0.3 is 12.0 Å². The highest BCUT2D eigenvalue weighted by Gasteiger charge is 2.38. The molecule has 2 rings (SSSR count). The first kappa shape index (κ1) is 14.0. The number of nitrogens with zero attached hydrogens (tertiary/aromatic N) is 2. The van der Waals surface area contributed by atoms with Crippen molar-refractivity contribution in [1.29, 1.82) is 0 Å². The molecule has 1 aliphatic heterocycles. The van der Waals surface area contributed by atoms with Gasteiger partial charge in [-0.1, -0.05) is 19.1 Å². The van der Waals surface area contributed by atoms with Crippen LogP contribution in [0.3, 0.4) is 0 Å². The van der Waals surface area contributed by atoms with E-state index in [9.17, 15) is 14.4 Å². The fraction of sp³-hybridized carbons (Fsp3) is 0.357. The third-order valence-corrected chi connectivity index (χ3v) is 3.08. The van der Waals surface area contributed by atoms with Gasteiger partial charge in [-0.3, -0.25) is 4.79 Å². The Bertz CT molecular complexity index is 556. The van der Waals surface area contributed by atoms with E-state index in [2.05, 4.69) is 4.74 Å². The molecule has 1 aliphatic rings. The second-order valence-electron chi connectivity index (χ2n) is 4.44. The number of amides is 3. The molecule has 6 nitrogen and oxygen atoms in total. The molecule has 0 aromatic heterocycles. The molecule has 1 aromatic carbocycles. The zero-order valence-corrected chi connectivity index (χ0v) is 11.5. The minimum absolute atomic E-state index is 0.0438. The van der Waals surface area contributed by atoms with Gasteiger partial charge in [-0.15, -0.1) is 0 Å². The minimum atomic E-state index is -0.574. The predicted molar refractivity (Wildman–Crippen MR) is 72.5 cm³/mol. The normalized spacial score (nSPS) is 14.9. The van der Waals surface area contributed by atoms with E-state index in [0.717, 1.165) is 11.3 Å². The lowest BCUT2D eigenvalue weighted by Crippen LogP contribution is -2.34. The number of hydrogen-bond acceptors (Lipinski definition) is 4. The van der Waals surface area contributed by atoms with Gasteiger partial charge in [-0.05, 0) is 18.6 Å². The Hall–Kier alpha value is -2.37. The zero-order chi connectivity index (χ0) is 14.7. The number of hydrogen-bond donors (Lipinski definition) is 0. The van der Waals surface area contributed by atoms with Crippen LogP contribution in [0.15, 0.2) is 24.3 Å². The van der Waals surface area contributed by atoms with E-state index in [1.807, 2.05) is 6.92 Å². The SMILES string of the molecule is CCCN1CC(=O)N(c2ccccc2C(=O)OC)C1=O. The highest BCUT2D eigenvalue weighted by Crippen LogP contribution is 2.26. The third-order valence-electron chi connectivity index (χ3n) is 3.08. The van der Waals surface area contributed by atoms with Crippen LogP contribution >= 0.6 is 0 Å². The molecule has 0 bridgehead atoms. The van der Waals surface area contributed by atoms with Gasteiger partial charge < -0.3 is 9.64 Å². The van der Waals surface area contributed by atoms with Crippen LogP contribution in [0.5, 0.6) is 0 Å². The van der Waals surface area contributed by atoms with E-state index in [-0.39, 0.29) is 23.7 Å². The Labute approximate surface area is 116 Å². The Kier molecular flexibility index (Phi) is 4.02. The van der Waals surface area contributed by atoms with Crippen LogP contribution in [-0.2, 0) is 9.53 Å². The van der Waals surface area contributed by atoms with Crippen molar-refractivity contribution in [3.05, 3.63) is 29.8 Å². The highest BCUT2D eigenvalue weighted by atomic mass is 16.5. The molecule has 0 radical (unpaired) electrons. The number of carbonyl (C=O) groups excluding carboxylic acids is 3. The monoisotopic (exact) mass is 276 g/mol. The van der Waals surface area contributed by atoms with Crippen LogP contribution in [-0.4, -0.2) is 43.0 Å². The Morgan fingerprint density at radius 3 is 2.65 bits per heavy atom. The third kappa shape index (κ3) is 2.36. The number of anilines is 1. The maximum Gasteiger partial charge on any atom is 0.339 e. The highest BCUT2D eigenvalue weighted by molar-refractivity contribution is 6.21. The van der Waals surface area contributed by atoms with Crippen LogP contribution < -0.4 is 4.90 Å². The van der Waals surface area contributed by atoms with E-state index < -0.39 is 12.0 Å². The van der Waals surface area contributed by atoms with E-state index in [1.165, 1.54) is 18.1 Å². The molecule has 0 N–H and O–H groups in total. The molecule has 3 amide bonds. The molecule has 1 saturated heterocycles. The first-order valence-corrected chi connectivity index (χ1v) is 6.39. The number of methoxy groups -OCH3 is 1. The van der Waals surface area contributed by atoms with Gasteiger partial charge in [0.25, 0.3) is 5.91 Å². The molecule has 0 unspecified atom stereocenters. The summed E-state index contributed by atoms with van der Waals surface area (Å²) in [6, 6.07) is 6.03. The maximum atomic E-state index is 12.2. The first-order chi connectivity index (χ1) is 9.60. The van der Waals surface area contributed by atoms with Crippen molar-refractivity contribution < 1.29 is 19.1 Å². The summed E-state index contributed by atoms with van der Waals surface area (Å²) in [5.74, 6) is -0.907. The quantitative estimate of drug-likeness (QED) is 0.619. The standard InChI is InChI=1S/C14H16N2O4/c1-3-8-15-9-12(17)16(14(15)19)11-7-5-4-6-10(11)13(18)20-2/h4-7H,3,8-9H2,1-2H3. The van der Waals surface area contributed by atoms with Crippen LogP contribution in [0.1, 0.15) is 23.7 Å². The van der Waals surface area contributed by atoms with Crippen molar-refractivity contribution in [3.63, 3.8) is 0 Å².